The molecule has 0 spiro atoms. The fourth-order valence-electron chi connectivity index (χ4n) is 4.06. The molecule has 196 valence electrons. The number of carbonyl (C=O) groups excluding carboxylic acids is 2. The van der Waals surface area contributed by atoms with Crippen molar-refractivity contribution >= 4 is 11.9 Å². The molecule has 2 heterocycles. The molecular weight excluding hydrogens is 469 g/mol. The van der Waals surface area contributed by atoms with E-state index < -0.39 is 66.9 Å². The van der Waals surface area contributed by atoms with Crippen molar-refractivity contribution in [2.45, 2.75) is 83.0 Å². The van der Waals surface area contributed by atoms with E-state index in [4.69, 9.17) is 19.9 Å². The average molecular weight is 502 g/mol. The van der Waals surface area contributed by atoms with E-state index in [1.165, 1.54) is 0 Å². The van der Waals surface area contributed by atoms with Crippen molar-refractivity contribution in [1.29, 1.82) is 0 Å². The van der Waals surface area contributed by atoms with Crippen molar-refractivity contribution in [3.8, 4) is 0 Å². The van der Waals surface area contributed by atoms with Gasteiger partial charge >= 0.3 is 17.6 Å². The van der Waals surface area contributed by atoms with Gasteiger partial charge in [0.15, 0.2) is 19.6 Å². The van der Waals surface area contributed by atoms with Crippen LogP contribution in [0.2, 0.25) is 0 Å². The van der Waals surface area contributed by atoms with Gasteiger partial charge in [-0.2, -0.15) is 0 Å². The third-order valence-corrected chi connectivity index (χ3v) is 6.42. The molecule has 1 aromatic rings. The van der Waals surface area contributed by atoms with Crippen LogP contribution in [0, 0.1) is 11.8 Å². The molecule has 1 aromatic heterocycles. The minimum atomic E-state index is -2.99. The van der Waals surface area contributed by atoms with Gasteiger partial charge in [0.25, 0.3) is 11.4 Å². The molecule has 2 fully saturated rings. The van der Waals surface area contributed by atoms with Crippen LogP contribution < -0.4 is 17.0 Å². The number of ether oxygens (including phenoxy) is 3. The van der Waals surface area contributed by atoms with Gasteiger partial charge in [-0.05, 0) is 18.8 Å². The smallest absolute Gasteiger partial charge is 0.335 e. The molecule has 0 bridgehead atoms. The molecular formula is C22H32FN3O9. The fraction of sp³-hybridized carbons (Fsp3) is 0.727. The Morgan fingerprint density at radius 3 is 2.51 bits per heavy atom. The van der Waals surface area contributed by atoms with E-state index >= 15 is 4.39 Å². The van der Waals surface area contributed by atoms with Crippen LogP contribution in [-0.4, -0.2) is 62.0 Å². The lowest BCUT2D eigenvalue weighted by molar-refractivity contribution is -0.218. The van der Waals surface area contributed by atoms with Gasteiger partial charge in [-0.3, -0.25) is 19.0 Å². The first-order valence-electron chi connectivity index (χ1n) is 11.6. The van der Waals surface area contributed by atoms with Crippen LogP contribution in [0.1, 0.15) is 52.2 Å². The number of hydrogen-bond acceptors (Lipinski definition) is 10. The maximum absolute atomic E-state index is 15.4. The molecule has 13 heteroatoms. The number of aliphatic hydroxyl groups is 2. The third-order valence-electron chi connectivity index (χ3n) is 6.42. The van der Waals surface area contributed by atoms with Crippen LogP contribution in [0.15, 0.2) is 21.9 Å². The summed E-state index contributed by atoms with van der Waals surface area (Å²) in [5, 5.41) is 20.7. The minimum absolute atomic E-state index is 0.250. The van der Waals surface area contributed by atoms with Gasteiger partial charge in [-0.15, -0.1) is 0 Å². The summed E-state index contributed by atoms with van der Waals surface area (Å²) < 4.78 is 31.7. The van der Waals surface area contributed by atoms with Crippen molar-refractivity contribution in [1.82, 2.24) is 9.13 Å². The highest BCUT2D eigenvalue weighted by atomic mass is 19.2. The largest absolute Gasteiger partial charge is 0.459 e. The predicted octanol–water partition coefficient (Wildman–Crippen LogP) is -0.466. The van der Waals surface area contributed by atoms with Gasteiger partial charge in [0, 0.05) is 12.3 Å². The zero-order valence-electron chi connectivity index (χ0n) is 19.7. The summed E-state index contributed by atoms with van der Waals surface area (Å²) in [6, 6.07) is -0.0586. The second-order valence-corrected chi connectivity index (χ2v) is 9.31. The summed E-state index contributed by atoms with van der Waals surface area (Å²) in [6.07, 6.45) is -0.926. The monoisotopic (exact) mass is 501 g/mol. The van der Waals surface area contributed by atoms with Gasteiger partial charge in [0.1, 0.15) is 18.2 Å². The van der Waals surface area contributed by atoms with E-state index in [9.17, 15) is 29.4 Å². The zero-order chi connectivity index (χ0) is 25.9. The molecule has 35 heavy (non-hydrogen) atoms. The zero-order valence-corrected chi connectivity index (χ0v) is 19.7. The van der Waals surface area contributed by atoms with Gasteiger partial charge in [-0.25, -0.2) is 13.8 Å². The Morgan fingerprint density at radius 1 is 1.23 bits per heavy atom. The highest BCUT2D eigenvalue weighted by Gasteiger charge is 2.57. The van der Waals surface area contributed by atoms with Gasteiger partial charge in [0.2, 0.25) is 0 Å². The quantitative estimate of drug-likeness (QED) is 0.396. The second kappa shape index (κ2) is 11.0. The van der Waals surface area contributed by atoms with Gasteiger partial charge in [-0.1, -0.05) is 33.1 Å². The Hall–Kier alpha value is -2.61. The Balaban J connectivity index is 1.74. The summed E-state index contributed by atoms with van der Waals surface area (Å²) in [4.78, 5) is 49.3. The van der Waals surface area contributed by atoms with E-state index in [0.717, 1.165) is 31.5 Å². The topological polar surface area (TPSA) is 172 Å². The molecule has 4 N–H and O–H groups in total. The third kappa shape index (κ3) is 5.80. The summed E-state index contributed by atoms with van der Waals surface area (Å²) in [7, 11) is 0. The van der Waals surface area contributed by atoms with E-state index in [0.29, 0.717) is 22.0 Å². The number of carbonyl (C=O) groups is 2. The molecule has 0 aromatic carbocycles. The molecule has 5 atom stereocenters. The van der Waals surface area contributed by atoms with Crippen molar-refractivity contribution in [3.63, 3.8) is 0 Å². The first-order chi connectivity index (χ1) is 16.5. The van der Waals surface area contributed by atoms with Crippen molar-refractivity contribution < 1.29 is 38.4 Å². The summed E-state index contributed by atoms with van der Waals surface area (Å²) in [6.45, 7) is 1.61. The number of nitrogens with zero attached hydrogens (tertiary/aromatic N) is 2. The highest BCUT2D eigenvalue weighted by molar-refractivity contribution is 5.75. The van der Waals surface area contributed by atoms with Crippen LogP contribution in [0.4, 0.5) is 4.39 Å². The first kappa shape index (κ1) is 27.0. The van der Waals surface area contributed by atoms with Crippen LogP contribution in [-0.2, 0) is 30.5 Å². The molecule has 0 unspecified atom stereocenters. The number of alkyl halides is 1. The molecule has 0 amide bonds. The summed E-state index contributed by atoms with van der Waals surface area (Å²) in [5.74, 6) is -5.07. The van der Waals surface area contributed by atoms with Crippen molar-refractivity contribution in [2.75, 3.05) is 6.61 Å². The SMILES string of the molecule is CC(C)[C@H](N)C(=O)OCn1c(=O)ccn([C@@H]2O[C@](F)(COC(=O)C3CCCCC3)[C@@H](O)[C@H]2O)c1=O. The van der Waals surface area contributed by atoms with E-state index in [-0.39, 0.29) is 11.8 Å². The van der Waals surface area contributed by atoms with Crippen LogP contribution in [0.3, 0.4) is 0 Å². The molecule has 3 rings (SSSR count). The molecule has 1 aliphatic heterocycles. The molecule has 12 nitrogen and oxygen atoms in total. The number of hydrogen-bond donors (Lipinski definition) is 3. The Kier molecular flexibility index (Phi) is 8.46. The van der Waals surface area contributed by atoms with Gasteiger partial charge in [0.05, 0.1) is 5.92 Å². The molecule has 2 aliphatic rings. The predicted molar refractivity (Wildman–Crippen MR) is 117 cm³/mol. The number of nitrogens with two attached hydrogens (primary N) is 1. The highest BCUT2D eigenvalue weighted by Crippen LogP contribution is 2.38. The van der Waals surface area contributed by atoms with Gasteiger partial charge < -0.3 is 30.2 Å². The van der Waals surface area contributed by atoms with Crippen LogP contribution in [0.5, 0.6) is 0 Å². The number of aliphatic hydroxyl groups excluding tert-OH is 2. The maximum atomic E-state index is 15.4. The summed E-state index contributed by atoms with van der Waals surface area (Å²) in [5.41, 5.74) is 3.76. The van der Waals surface area contributed by atoms with E-state index in [1.54, 1.807) is 13.8 Å². The Labute approximate surface area is 200 Å². The standard InChI is InChI=1S/C22H32FN3O9/c1-12(2)15(24)20(31)34-11-26-14(27)8-9-25(21(26)32)18-16(28)17(29)22(23,35-18)10-33-19(30)13-6-4-3-5-7-13/h8-9,12-13,15-18,28-29H,3-7,10-11,24H2,1-2H3/t15-,16+,17-,18+,22+/m0/s1. The number of esters is 2. The second-order valence-electron chi connectivity index (χ2n) is 9.31. The first-order valence-corrected chi connectivity index (χ1v) is 11.6. The summed E-state index contributed by atoms with van der Waals surface area (Å²) >= 11 is 0. The lowest BCUT2D eigenvalue weighted by Crippen LogP contribution is -2.45. The number of halogens is 1. The Bertz CT molecular complexity index is 1040. The average Bonchev–Trinajstić information content (AvgIpc) is 3.06. The molecule has 1 saturated carbocycles. The number of rotatable bonds is 8. The van der Waals surface area contributed by atoms with E-state index in [2.05, 4.69) is 0 Å². The Morgan fingerprint density at radius 2 is 1.89 bits per heavy atom. The minimum Gasteiger partial charge on any atom is -0.459 e. The van der Waals surface area contributed by atoms with Crippen molar-refractivity contribution in [3.05, 3.63) is 33.1 Å². The fourth-order valence-corrected chi connectivity index (χ4v) is 4.06. The maximum Gasteiger partial charge on any atom is 0.335 e. The molecule has 0 radical (unpaired) electrons. The molecule has 1 saturated heterocycles. The lowest BCUT2D eigenvalue weighted by Gasteiger charge is -2.25. The normalized spacial score (nSPS) is 28.1. The van der Waals surface area contributed by atoms with Crippen LogP contribution in [0.25, 0.3) is 0 Å². The number of aromatic nitrogens is 2. The molecule has 1 aliphatic carbocycles. The van der Waals surface area contributed by atoms with Crippen molar-refractivity contribution in [2.24, 2.45) is 17.6 Å². The van der Waals surface area contributed by atoms with Crippen LogP contribution >= 0.6 is 0 Å². The lowest BCUT2D eigenvalue weighted by atomic mass is 9.89. The van der Waals surface area contributed by atoms with E-state index in [1.807, 2.05) is 0 Å².